The van der Waals surface area contributed by atoms with E-state index in [4.69, 9.17) is 47.4 Å². The number of hydrogen-bond donors (Lipinski definition) is 11. The maximum Gasteiger partial charge on any atom is 0.313 e. The van der Waals surface area contributed by atoms with Gasteiger partial charge in [0.15, 0.2) is 25.2 Å². The molecule has 27 unspecified atom stereocenters. The standard InChI is InChI=1S/C53H84O22/c1-23(2)17-24(56)18-52(7)32-12-15-51(6)26-9-10-31-49(3,4)33(13-14-50(31,5)25(26)11-16-53(32,51)48(65)75-52)71-47-43(34(59)27(57)21-68-47)74-45-37(62)36(61)41(30(20-55)70-45)73-44-38(63)40(28(58)22-67-44)72-46-39(64)42(66-8)35(60)29(19-54)69-46/h9,17,24-25,27-47,54-64H,10-16,18-22H2,1-8H3. The van der Waals surface area contributed by atoms with Gasteiger partial charge in [0, 0.05) is 24.9 Å². The summed E-state index contributed by atoms with van der Waals surface area (Å²) >= 11 is 0. The van der Waals surface area contributed by atoms with Crippen LogP contribution in [0.2, 0.25) is 0 Å². The van der Waals surface area contributed by atoms with E-state index in [0.717, 1.165) is 37.7 Å². The minimum absolute atomic E-state index is 0.0243. The Hall–Kier alpha value is -1.85. The normalized spacial score (nSPS) is 51.9. The van der Waals surface area contributed by atoms with Gasteiger partial charge in [-0.15, -0.1) is 0 Å². The van der Waals surface area contributed by atoms with Crippen LogP contribution in [-0.2, 0) is 52.2 Å². The molecule has 428 valence electrons. The number of rotatable bonds is 14. The number of cyclic esters (lactones) is 1. The van der Waals surface area contributed by atoms with E-state index < -0.39 is 164 Å². The largest absolute Gasteiger partial charge is 0.458 e. The van der Waals surface area contributed by atoms with Gasteiger partial charge in [-0.2, -0.15) is 0 Å². The van der Waals surface area contributed by atoms with Crippen molar-refractivity contribution in [2.75, 3.05) is 33.5 Å². The molecular weight excluding hydrogens is 989 g/mol. The summed E-state index contributed by atoms with van der Waals surface area (Å²) in [5.41, 5.74) is -0.181. The molecule has 8 fully saturated rings. The number of methoxy groups -OCH3 is 1. The number of hydrogen-bond acceptors (Lipinski definition) is 22. The molecule has 3 saturated carbocycles. The van der Waals surface area contributed by atoms with Gasteiger partial charge in [0.1, 0.15) is 91.1 Å². The Morgan fingerprint density at radius 1 is 0.680 bits per heavy atom. The van der Waals surface area contributed by atoms with Gasteiger partial charge in [0.05, 0.1) is 44.1 Å². The summed E-state index contributed by atoms with van der Waals surface area (Å²) < 4.78 is 59.3. The first kappa shape index (κ1) is 57.8. The van der Waals surface area contributed by atoms with Crippen molar-refractivity contribution in [3.63, 3.8) is 0 Å². The molecule has 0 bridgehead atoms. The van der Waals surface area contributed by atoms with Gasteiger partial charge in [-0.1, -0.05) is 51.0 Å². The molecule has 9 rings (SSSR count). The smallest absolute Gasteiger partial charge is 0.313 e. The number of aliphatic hydroxyl groups is 11. The van der Waals surface area contributed by atoms with E-state index in [1.54, 1.807) is 0 Å². The number of allylic oxidation sites excluding steroid dienone is 3. The maximum atomic E-state index is 14.4. The Morgan fingerprint density at radius 3 is 1.99 bits per heavy atom. The second-order valence-electron chi connectivity index (χ2n) is 24.6. The Labute approximate surface area is 437 Å². The third-order valence-corrected chi connectivity index (χ3v) is 19.7. The molecule has 4 aliphatic carbocycles. The monoisotopic (exact) mass is 1070 g/mol. The third kappa shape index (κ3) is 9.62. The molecule has 9 aliphatic rings. The zero-order valence-corrected chi connectivity index (χ0v) is 44.3. The molecule has 75 heavy (non-hydrogen) atoms. The summed E-state index contributed by atoms with van der Waals surface area (Å²) in [5.74, 6) is 0.146. The molecule has 27 atom stereocenters. The average Bonchev–Trinajstić information content (AvgIpc) is 3.96. The van der Waals surface area contributed by atoms with Crippen LogP contribution in [0.4, 0.5) is 0 Å². The first-order valence-corrected chi connectivity index (χ1v) is 26.9. The average molecular weight is 1070 g/mol. The Kier molecular flexibility index (Phi) is 16.6. The molecule has 0 amide bonds. The highest BCUT2D eigenvalue weighted by atomic mass is 16.8. The van der Waals surface area contributed by atoms with E-state index in [2.05, 4.69) is 33.8 Å². The molecule has 22 heteroatoms. The summed E-state index contributed by atoms with van der Waals surface area (Å²) in [6, 6.07) is 0. The molecule has 0 radical (unpaired) electrons. The highest BCUT2D eigenvalue weighted by Crippen LogP contribution is 2.76. The summed E-state index contributed by atoms with van der Waals surface area (Å²) in [7, 11) is 1.22. The Bertz CT molecular complexity index is 2090. The molecule has 11 N–H and O–H groups in total. The number of aliphatic hydroxyl groups excluding tert-OH is 11. The topological polar surface area (TPSA) is 332 Å². The van der Waals surface area contributed by atoms with Gasteiger partial charge in [-0.3, -0.25) is 4.79 Å². The van der Waals surface area contributed by atoms with Crippen LogP contribution in [0, 0.1) is 39.4 Å². The number of carbonyl (C=O) groups is 1. The summed E-state index contributed by atoms with van der Waals surface area (Å²) in [6.07, 6.45) is -19.6. The van der Waals surface area contributed by atoms with Crippen LogP contribution < -0.4 is 0 Å². The van der Waals surface area contributed by atoms with Gasteiger partial charge in [-0.25, -0.2) is 0 Å². The maximum absolute atomic E-state index is 14.4. The van der Waals surface area contributed by atoms with Crippen molar-refractivity contribution in [2.45, 2.75) is 228 Å². The molecule has 5 heterocycles. The van der Waals surface area contributed by atoms with Crippen LogP contribution in [0.5, 0.6) is 0 Å². The quantitative estimate of drug-likeness (QED) is 0.0749. The highest BCUT2D eigenvalue weighted by Gasteiger charge is 2.76. The van der Waals surface area contributed by atoms with Crippen molar-refractivity contribution in [3.8, 4) is 0 Å². The fraction of sp³-hybridized carbons (Fsp3) is 0.906. The van der Waals surface area contributed by atoms with E-state index in [-0.39, 0.29) is 35.7 Å². The van der Waals surface area contributed by atoms with E-state index in [9.17, 15) is 61.0 Å². The molecule has 5 saturated heterocycles. The van der Waals surface area contributed by atoms with Crippen molar-refractivity contribution < 1.29 is 108 Å². The SMILES string of the molecule is COC1C(O)C(CO)OC(OC2C(O)COC(OC3C(CO)OC(OC4C(OC5CCC6(C)C7CCC89C(=O)OC(C)(CC(O)C=C(C)C)C8CCC9(C)C7=CCC6C5(C)C)OCC(O)C4O)C(O)C3O)C2O)C1O. The number of esters is 1. The summed E-state index contributed by atoms with van der Waals surface area (Å²) in [5, 5.41) is 120. The van der Waals surface area contributed by atoms with Gasteiger partial charge in [-0.05, 0) is 88.4 Å². The Morgan fingerprint density at radius 2 is 1.31 bits per heavy atom. The second kappa shape index (κ2) is 21.6. The van der Waals surface area contributed by atoms with Crippen molar-refractivity contribution in [2.24, 2.45) is 39.4 Å². The predicted octanol–water partition coefficient (Wildman–Crippen LogP) is -0.806. The molecule has 0 aromatic rings. The number of fused-ring (bicyclic) bond motifs is 4. The first-order chi connectivity index (χ1) is 35.3. The fourth-order valence-corrected chi connectivity index (χ4v) is 15.8. The lowest BCUT2D eigenvalue weighted by molar-refractivity contribution is -0.385. The number of carbonyl (C=O) groups excluding carboxylic acids is 1. The third-order valence-electron chi connectivity index (χ3n) is 19.7. The van der Waals surface area contributed by atoms with E-state index in [1.807, 2.05) is 26.8 Å². The van der Waals surface area contributed by atoms with Gasteiger partial charge in [0.2, 0.25) is 0 Å². The van der Waals surface area contributed by atoms with Crippen LogP contribution in [0.25, 0.3) is 0 Å². The molecular formula is C53H84O22. The van der Waals surface area contributed by atoms with Crippen LogP contribution in [-0.4, -0.2) is 224 Å². The molecule has 22 nitrogen and oxygen atoms in total. The predicted molar refractivity (Wildman–Crippen MR) is 257 cm³/mol. The molecule has 1 spiro atoms. The summed E-state index contributed by atoms with van der Waals surface area (Å²) in [4.78, 5) is 14.4. The number of ether oxygens (including phenoxy) is 10. The zero-order chi connectivity index (χ0) is 54.5. The van der Waals surface area contributed by atoms with E-state index in [1.165, 1.54) is 12.7 Å². The van der Waals surface area contributed by atoms with Crippen molar-refractivity contribution in [1.29, 1.82) is 0 Å². The zero-order valence-electron chi connectivity index (χ0n) is 44.3. The molecule has 0 aromatic heterocycles. The molecule has 0 aromatic carbocycles. The lowest BCUT2D eigenvalue weighted by Crippen LogP contribution is -2.66. The van der Waals surface area contributed by atoms with Gasteiger partial charge >= 0.3 is 5.97 Å². The van der Waals surface area contributed by atoms with Crippen molar-refractivity contribution in [3.05, 3.63) is 23.3 Å². The lowest BCUT2D eigenvalue weighted by atomic mass is 9.41. The van der Waals surface area contributed by atoms with E-state index >= 15 is 0 Å². The van der Waals surface area contributed by atoms with Crippen LogP contribution in [0.3, 0.4) is 0 Å². The van der Waals surface area contributed by atoms with Crippen molar-refractivity contribution in [1.82, 2.24) is 0 Å². The minimum atomic E-state index is -1.93. The van der Waals surface area contributed by atoms with Gasteiger partial charge in [0.25, 0.3) is 0 Å². The first-order valence-electron chi connectivity index (χ1n) is 26.9. The summed E-state index contributed by atoms with van der Waals surface area (Å²) in [6.45, 7) is 12.6. The van der Waals surface area contributed by atoms with Crippen LogP contribution >= 0.6 is 0 Å². The highest BCUT2D eigenvalue weighted by molar-refractivity contribution is 5.83. The molecule has 5 aliphatic heterocycles. The minimum Gasteiger partial charge on any atom is -0.458 e. The van der Waals surface area contributed by atoms with Crippen molar-refractivity contribution >= 4 is 5.97 Å². The Balaban J connectivity index is 0.868. The van der Waals surface area contributed by atoms with Crippen LogP contribution in [0.15, 0.2) is 23.3 Å². The fourth-order valence-electron chi connectivity index (χ4n) is 15.8. The van der Waals surface area contributed by atoms with E-state index in [0.29, 0.717) is 19.3 Å². The lowest BCUT2D eigenvalue weighted by Gasteiger charge is -2.64. The van der Waals surface area contributed by atoms with Gasteiger partial charge < -0.3 is 104 Å². The second-order valence-corrected chi connectivity index (χ2v) is 24.6. The van der Waals surface area contributed by atoms with Crippen LogP contribution in [0.1, 0.15) is 99.8 Å².